The molecule has 0 fully saturated rings. The van der Waals surface area contributed by atoms with Crippen molar-refractivity contribution in [2.24, 2.45) is 0 Å². The fourth-order valence-corrected chi connectivity index (χ4v) is 4.31. The molecule has 1 atom stereocenters. The van der Waals surface area contributed by atoms with E-state index in [2.05, 4.69) is 0 Å². The van der Waals surface area contributed by atoms with Gasteiger partial charge in [0.25, 0.3) is 0 Å². The number of ketones is 1. The van der Waals surface area contributed by atoms with Crippen LogP contribution in [0.1, 0.15) is 107 Å². The Morgan fingerprint density at radius 1 is 0.694 bits per heavy atom. The molecule has 0 spiro atoms. The number of ether oxygens (including phenoxy) is 3. The number of hydrogen-bond donors (Lipinski definition) is 0. The summed E-state index contributed by atoms with van der Waals surface area (Å²) in [5.74, 6) is 1.42. The Hall–Kier alpha value is -2.82. The second-order valence-corrected chi connectivity index (χ2v) is 10.4. The molecule has 2 rings (SSSR count). The van der Waals surface area contributed by atoms with Crippen LogP contribution in [-0.2, 0) is 9.53 Å². The third kappa shape index (κ3) is 10.8. The second-order valence-electron chi connectivity index (χ2n) is 10.4. The molecule has 2 aromatic carbocycles. The number of hydrogen-bond acceptors (Lipinski definition) is 5. The molecule has 0 heterocycles. The Labute approximate surface area is 217 Å². The summed E-state index contributed by atoms with van der Waals surface area (Å²) in [6.07, 6.45) is 10.1. The number of unbranched alkanes of at least 4 members (excludes halogenated alkanes) is 7. The summed E-state index contributed by atoms with van der Waals surface area (Å²) < 4.78 is 15.9. The predicted molar refractivity (Wildman–Crippen MR) is 145 cm³/mol. The van der Waals surface area contributed by atoms with E-state index in [1.54, 1.807) is 14.2 Å². The van der Waals surface area contributed by atoms with Crippen LogP contribution in [0.5, 0.6) is 11.5 Å². The van der Waals surface area contributed by atoms with Crippen molar-refractivity contribution >= 4 is 11.8 Å². The predicted octanol–water partition coefficient (Wildman–Crippen LogP) is 7.91. The zero-order valence-corrected chi connectivity index (χ0v) is 22.8. The van der Waals surface area contributed by atoms with E-state index in [-0.39, 0.29) is 17.7 Å². The Bertz CT molecular complexity index is 909. The first-order chi connectivity index (χ1) is 17.2. The van der Waals surface area contributed by atoms with Gasteiger partial charge < -0.3 is 14.2 Å². The summed E-state index contributed by atoms with van der Waals surface area (Å²) >= 11 is 0. The smallest absolute Gasteiger partial charge is 0.306 e. The molecule has 1 unspecified atom stereocenters. The number of benzene rings is 2. The Kier molecular flexibility index (Phi) is 12.5. The van der Waals surface area contributed by atoms with Gasteiger partial charge in [0.1, 0.15) is 17.1 Å². The minimum Gasteiger partial charge on any atom is -0.497 e. The Balaban J connectivity index is 1.75. The molecule has 0 aliphatic rings. The van der Waals surface area contributed by atoms with Gasteiger partial charge in [-0.1, -0.05) is 57.1 Å². The van der Waals surface area contributed by atoms with Gasteiger partial charge in [0.2, 0.25) is 0 Å². The molecular formula is C31H44O5. The lowest BCUT2D eigenvalue weighted by Gasteiger charge is -2.19. The first-order valence-corrected chi connectivity index (χ1v) is 13.3. The lowest BCUT2D eigenvalue weighted by molar-refractivity contribution is -0.154. The van der Waals surface area contributed by atoms with Gasteiger partial charge in [0, 0.05) is 17.9 Å². The number of Topliss-reactive ketones (excluding diaryl/α,β-unsaturated/α-hetero) is 1. The number of rotatable bonds is 16. The van der Waals surface area contributed by atoms with Crippen LogP contribution in [0.3, 0.4) is 0 Å². The molecule has 0 aliphatic carbocycles. The van der Waals surface area contributed by atoms with E-state index in [9.17, 15) is 9.59 Å². The van der Waals surface area contributed by atoms with E-state index in [4.69, 9.17) is 14.2 Å². The van der Waals surface area contributed by atoms with E-state index in [1.807, 2.05) is 69.3 Å². The van der Waals surface area contributed by atoms with Gasteiger partial charge in [0.05, 0.1) is 14.2 Å². The molecule has 0 saturated carbocycles. The fourth-order valence-electron chi connectivity index (χ4n) is 4.31. The molecule has 0 N–H and O–H groups in total. The fraction of sp³-hybridized carbons (Fsp3) is 0.548. The molecule has 5 heteroatoms. The summed E-state index contributed by atoms with van der Waals surface area (Å²) in [5.41, 5.74) is 1.34. The van der Waals surface area contributed by atoms with Crippen molar-refractivity contribution in [3.05, 3.63) is 59.7 Å². The van der Waals surface area contributed by atoms with Crippen molar-refractivity contribution in [2.45, 2.75) is 96.5 Å². The van der Waals surface area contributed by atoms with Crippen LogP contribution >= 0.6 is 0 Å². The van der Waals surface area contributed by atoms with Gasteiger partial charge in [-0.05, 0) is 75.6 Å². The summed E-state index contributed by atoms with van der Waals surface area (Å²) in [5, 5.41) is 0. The molecule has 0 saturated heterocycles. The van der Waals surface area contributed by atoms with E-state index >= 15 is 0 Å². The first-order valence-electron chi connectivity index (χ1n) is 13.3. The van der Waals surface area contributed by atoms with Gasteiger partial charge in [-0.15, -0.1) is 0 Å². The van der Waals surface area contributed by atoms with Crippen molar-refractivity contribution in [1.82, 2.24) is 0 Å². The Morgan fingerprint density at radius 2 is 1.17 bits per heavy atom. The summed E-state index contributed by atoms with van der Waals surface area (Å²) in [4.78, 5) is 25.2. The molecule has 5 nitrogen and oxygen atoms in total. The zero-order valence-electron chi connectivity index (χ0n) is 22.8. The molecule has 198 valence electrons. The monoisotopic (exact) mass is 496 g/mol. The van der Waals surface area contributed by atoms with Gasteiger partial charge in [-0.2, -0.15) is 0 Å². The maximum absolute atomic E-state index is 13.4. The van der Waals surface area contributed by atoms with Crippen molar-refractivity contribution in [2.75, 3.05) is 14.2 Å². The van der Waals surface area contributed by atoms with Crippen LogP contribution in [0.2, 0.25) is 0 Å². The lowest BCUT2D eigenvalue weighted by Crippen LogP contribution is -2.23. The highest BCUT2D eigenvalue weighted by atomic mass is 16.6. The second kappa shape index (κ2) is 15.3. The first kappa shape index (κ1) is 29.4. The van der Waals surface area contributed by atoms with Crippen LogP contribution in [0.25, 0.3) is 0 Å². The van der Waals surface area contributed by atoms with Crippen LogP contribution in [-0.4, -0.2) is 31.6 Å². The summed E-state index contributed by atoms with van der Waals surface area (Å²) in [6, 6.07) is 15.2. The van der Waals surface area contributed by atoms with Gasteiger partial charge in [0.15, 0.2) is 5.78 Å². The summed E-state index contributed by atoms with van der Waals surface area (Å²) in [6.45, 7) is 5.71. The van der Waals surface area contributed by atoms with E-state index in [0.29, 0.717) is 12.0 Å². The van der Waals surface area contributed by atoms with Gasteiger partial charge >= 0.3 is 5.97 Å². The normalized spacial score (nSPS) is 12.1. The third-order valence-corrected chi connectivity index (χ3v) is 6.25. The Morgan fingerprint density at radius 3 is 1.67 bits per heavy atom. The van der Waals surface area contributed by atoms with Crippen molar-refractivity contribution < 1.29 is 23.8 Å². The highest BCUT2D eigenvalue weighted by Crippen LogP contribution is 2.29. The molecular weight excluding hydrogens is 452 g/mol. The van der Waals surface area contributed by atoms with Crippen molar-refractivity contribution in [3.8, 4) is 11.5 Å². The molecule has 0 radical (unpaired) electrons. The average Bonchev–Trinajstić information content (AvgIpc) is 2.86. The average molecular weight is 497 g/mol. The van der Waals surface area contributed by atoms with Crippen LogP contribution in [0.4, 0.5) is 0 Å². The molecule has 2 aromatic rings. The highest BCUT2D eigenvalue weighted by molar-refractivity contribution is 6.01. The van der Waals surface area contributed by atoms with Crippen LogP contribution in [0, 0.1) is 0 Å². The van der Waals surface area contributed by atoms with E-state index < -0.39 is 5.60 Å². The molecule has 0 aliphatic heterocycles. The molecule has 0 aromatic heterocycles. The maximum atomic E-state index is 13.4. The summed E-state index contributed by atoms with van der Waals surface area (Å²) in [7, 11) is 3.27. The molecule has 36 heavy (non-hydrogen) atoms. The highest BCUT2D eigenvalue weighted by Gasteiger charge is 2.22. The van der Waals surface area contributed by atoms with Crippen molar-refractivity contribution in [3.63, 3.8) is 0 Å². The lowest BCUT2D eigenvalue weighted by atomic mass is 9.86. The number of carbonyl (C=O) groups excluding carboxylic acids is 2. The van der Waals surface area contributed by atoms with E-state index in [0.717, 1.165) is 62.0 Å². The van der Waals surface area contributed by atoms with Crippen molar-refractivity contribution in [1.29, 1.82) is 0 Å². The SMILES string of the molecule is COc1ccc(C(=O)C(CCCCCCCCCCC(=O)OC(C)(C)C)c2ccc(OC)cc2)cc1. The number of esters is 1. The number of carbonyl (C=O) groups is 2. The van der Waals surface area contributed by atoms with Crippen LogP contribution < -0.4 is 9.47 Å². The third-order valence-electron chi connectivity index (χ3n) is 6.25. The van der Waals surface area contributed by atoms with Gasteiger partial charge in [-0.3, -0.25) is 9.59 Å². The van der Waals surface area contributed by atoms with Gasteiger partial charge in [-0.25, -0.2) is 0 Å². The van der Waals surface area contributed by atoms with E-state index in [1.165, 1.54) is 12.8 Å². The standard InChI is InChI=1S/C31H44O5/c1-31(2,3)36-29(32)15-13-11-9-7-6-8-10-12-14-28(24-16-20-26(34-4)21-17-24)30(33)25-18-22-27(35-5)23-19-25/h16-23,28H,6-15H2,1-5H3. The molecule has 0 amide bonds. The topological polar surface area (TPSA) is 61.8 Å². The largest absolute Gasteiger partial charge is 0.497 e. The quantitative estimate of drug-likeness (QED) is 0.134. The minimum absolute atomic E-state index is 0.0990. The molecule has 0 bridgehead atoms. The minimum atomic E-state index is -0.400. The zero-order chi connectivity index (χ0) is 26.4. The van der Waals surface area contributed by atoms with Crippen LogP contribution in [0.15, 0.2) is 48.5 Å². The maximum Gasteiger partial charge on any atom is 0.306 e. The number of methoxy groups -OCH3 is 2.